The van der Waals surface area contributed by atoms with Gasteiger partial charge >= 0.3 is 0 Å². The molecule has 0 aromatic heterocycles. The first kappa shape index (κ1) is 19.8. The summed E-state index contributed by atoms with van der Waals surface area (Å²) in [5.74, 6) is 0.928. The van der Waals surface area contributed by atoms with Gasteiger partial charge in [-0.2, -0.15) is 0 Å². The van der Waals surface area contributed by atoms with Crippen LogP contribution in [0.5, 0.6) is 11.5 Å². The van der Waals surface area contributed by atoms with Crippen molar-refractivity contribution in [2.45, 2.75) is 18.2 Å². The van der Waals surface area contributed by atoms with Crippen molar-refractivity contribution in [2.75, 3.05) is 26.1 Å². The number of anilines is 1. The lowest BCUT2D eigenvalue weighted by molar-refractivity contribution is -0.114. The van der Waals surface area contributed by atoms with Gasteiger partial charge in [-0.15, -0.1) is 0 Å². The first-order valence-electron chi connectivity index (χ1n) is 8.67. The standard InChI is InChI=1S/C20H22N2O5S/c1-13(23)22-15-4-6-16(7-5-15)28(24,25)12-18-17-11-20(27-3)19(26-2)10-14(17)8-9-21-18/h4-7,10-12,21H,8-9H2,1-3H3,(H,22,23)/b18-12+. The van der Waals surface area contributed by atoms with E-state index in [1.165, 1.54) is 31.6 Å². The van der Waals surface area contributed by atoms with Gasteiger partial charge in [0.15, 0.2) is 11.5 Å². The van der Waals surface area contributed by atoms with Crippen LogP contribution < -0.4 is 20.1 Å². The maximum Gasteiger partial charge on any atom is 0.221 e. The fraction of sp³-hybridized carbons (Fsp3) is 0.250. The van der Waals surface area contributed by atoms with Crippen LogP contribution in [0, 0.1) is 0 Å². The second-order valence-corrected chi connectivity index (χ2v) is 8.12. The first-order chi connectivity index (χ1) is 13.3. The van der Waals surface area contributed by atoms with E-state index < -0.39 is 9.84 Å². The van der Waals surface area contributed by atoms with E-state index >= 15 is 0 Å². The average Bonchev–Trinajstić information content (AvgIpc) is 2.67. The van der Waals surface area contributed by atoms with Gasteiger partial charge in [-0.1, -0.05) is 0 Å². The molecule has 0 fully saturated rings. The number of ether oxygens (including phenoxy) is 2. The normalized spacial score (nSPS) is 14.8. The summed E-state index contributed by atoms with van der Waals surface area (Å²) in [6.07, 6.45) is 0.748. The molecule has 28 heavy (non-hydrogen) atoms. The molecule has 0 spiro atoms. The van der Waals surface area contributed by atoms with E-state index in [-0.39, 0.29) is 10.8 Å². The second kappa shape index (κ2) is 7.93. The van der Waals surface area contributed by atoms with E-state index in [0.717, 1.165) is 17.5 Å². The first-order valence-corrected chi connectivity index (χ1v) is 10.2. The van der Waals surface area contributed by atoms with Crippen molar-refractivity contribution in [1.29, 1.82) is 0 Å². The maximum atomic E-state index is 12.9. The number of amides is 1. The van der Waals surface area contributed by atoms with E-state index in [0.29, 0.717) is 29.4 Å². The zero-order valence-electron chi connectivity index (χ0n) is 15.9. The Morgan fingerprint density at radius 2 is 1.75 bits per heavy atom. The van der Waals surface area contributed by atoms with E-state index in [4.69, 9.17) is 9.47 Å². The number of methoxy groups -OCH3 is 2. The van der Waals surface area contributed by atoms with Crippen LogP contribution in [0.15, 0.2) is 46.7 Å². The van der Waals surface area contributed by atoms with Crippen LogP contribution in [0.2, 0.25) is 0 Å². The van der Waals surface area contributed by atoms with Crippen LogP contribution in [0.25, 0.3) is 5.70 Å². The third-order valence-corrected chi connectivity index (χ3v) is 5.86. The maximum absolute atomic E-state index is 12.9. The third kappa shape index (κ3) is 4.12. The molecule has 0 unspecified atom stereocenters. The summed E-state index contributed by atoms with van der Waals surface area (Å²) in [6, 6.07) is 9.71. The molecule has 148 valence electrons. The molecule has 0 atom stereocenters. The Morgan fingerprint density at radius 3 is 2.36 bits per heavy atom. The molecule has 0 saturated heterocycles. The van der Waals surface area contributed by atoms with Crippen LogP contribution in [0.4, 0.5) is 5.69 Å². The van der Waals surface area contributed by atoms with Gasteiger partial charge in [0.25, 0.3) is 0 Å². The number of rotatable bonds is 5. The monoisotopic (exact) mass is 402 g/mol. The van der Waals surface area contributed by atoms with Crippen molar-refractivity contribution in [2.24, 2.45) is 0 Å². The molecule has 0 bridgehead atoms. The smallest absolute Gasteiger partial charge is 0.221 e. The number of nitrogens with one attached hydrogen (secondary N) is 2. The highest BCUT2D eigenvalue weighted by Gasteiger charge is 2.21. The lowest BCUT2D eigenvalue weighted by Crippen LogP contribution is -2.23. The van der Waals surface area contributed by atoms with Gasteiger partial charge in [0.1, 0.15) is 0 Å². The van der Waals surface area contributed by atoms with E-state index in [1.807, 2.05) is 6.07 Å². The summed E-state index contributed by atoms with van der Waals surface area (Å²) in [5, 5.41) is 7.00. The molecule has 0 saturated carbocycles. The number of fused-ring (bicyclic) bond motifs is 1. The van der Waals surface area contributed by atoms with Gasteiger partial charge in [0, 0.05) is 24.7 Å². The van der Waals surface area contributed by atoms with Crippen LogP contribution in [0.1, 0.15) is 18.1 Å². The molecule has 2 aromatic carbocycles. The molecule has 7 nitrogen and oxygen atoms in total. The van der Waals surface area contributed by atoms with Gasteiger partial charge < -0.3 is 20.1 Å². The summed E-state index contributed by atoms with van der Waals surface area (Å²) in [4.78, 5) is 11.2. The molecule has 1 aliphatic heterocycles. The topological polar surface area (TPSA) is 93.7 Å². The fourth-order valence-corrected chi connectivity index (χ4v) is 4.24. The van der Waals surface area contributed by atoms with Gasteiger partial charge in [-0.05, 0) is 48.4 Å². The van der Waals surface area contributed by atoms with Crippen LogP contribution >= 0.6 is 0 Å². The highest BCUT2D eigenvalue weighted by molar-refractivity contribution is 7.94. The molecule has 1 heterocycles. The molecular weight excluding hydrogens is 380 g/mol. The zero-order chi connectivity index (χ0) is 20.3. The Hall–Kier alpha value is -3.00. The number of carbonyl (C=O) groups is 1. The summed E-state index contributed by atoms with van der Waals surface area (Å²) in [6.45, 7) is 2.01. The van der Waals surface area contributed by atoms with Gasteiger partial charge in [0.2, 0.25) is 15.7 Å². The lowest BCUT2D eigenvalue weighted by atomic mass is 9.98. The summed E-state index contributed by atoms with van der Waals surface area (Å²) in [7, 11) is -0.587. The van der Waals surface area contributed by atoms with Crippen molar-refractivity contribution >= 4 is 27.1 Å². The minimum Gasteiger partial charge on any atom is -0.493 e. The van der Waals surface area contributed by atoms with Crippen molar-refractivity contribution in [3.8, 4) is 11.5 Å². The molecule has 2 aromatic rings. The lowest BCUT2D eigenvalue weighted by Gasteiger charge is -2.23. The van der Waals surface area contributed by atoms with Gasteiger partial charge in [-0.3, -0.25) is 4.79 Å². The number of carbonyl (C=O) groups excluding carboxylic acids is 1. The SMILES string of the molecule is COc1cc2c(cc1OC)/C(=C\S(=O)(=O)c1ccc(NC(C)=O)cc1)NCC2. The number of hydrogen-bond donors (Lipinski definition) is 2. The van der Waals surface area contributed by atoms with Crippen LogP contribution in [-0.2, 0) is 21.1 Å². The zero-order valence-corrected chi connectivity index (χ0v) is 16.7. The third-order valence-electron chi connectivity index (χ3n) is 4.39. The summed E-state index contributed by atoms with van der Waals surface area (Å²) < 4.78 is 36.4. The molecule has 1 amide bonds. The molecule has 0 radical (unpaired) electrons. The van der Waals surface area contributed by atoms with Crippen LogP contribution in [0.3, 0.4) is 0 Å². The predicted molar refractivity (Wildman–Crippen MR) is 107 cm³/mol. The number of benzene rings is 2. The highest BCUT2D eigenvalue weighted by atomic mass is 32.2. The Morgan fingerprint density at radius 1 is 1.11 bits per heavy atom. The van der Waals surface area contributed by atoms with Gasteiger partial charge in [-0.25, -0.2) is 8.42 Å². The Kier molecular flexibility index (Phi) is 5.60. The number of hydrogen-bond acceptors (Lipinski definition) is 6. The largest absolute Gasteiger partial charge is 0.493 e. The number of sulfone groups is 1. The van der Waals surface area contributed by atoms with Crippen LogP contribution in [-0.4, -0.2) is 35.1 Å². The molecule has 0 aliphatic carbocycles. The van der Waals surface area contributed by atoms with E-state index in [2.05, 4.69) is 10.6 Å². The quantitative estimate of drug-likeness (QED) is 0.798. The van der Waals surface area contributed by atoms with Crippen molar-refractivity contribution in [3.63, 3.8) is 0 Å². The predicted octanol–water partition coefficient (Wildman–Crippen LogP) is 2.58. The fourth-order valence-electron chi connectivity index (χ4n) is 3.07. The van der Waals surface area contributed by atoms with Gasteiger partial charge in [0.05, 0.1) is 30.2 Å². The summed E-state index contributed by atoms with van der Waals surface area (Å²) in [5.41, 5.74) is 2.80. The Bertz CT molecular complexity index is 1030. The molecule has 3 rings (SSSR count). The molecular formula is C20H22N2O5S. The van der Waals surface area contributed by atoms with Crippen molar-refractivity contribution < 1.29 is 22.7 Å². The van der Waals surface area contributed by atoms with Crippen molar-refractivity contribution in [1.82, 2.24) is 5.32 Å². The average molecular weight is 402 g/mol. The van der Waals surface area contributed by atoms with E-state index in [9.17, 15) is 13.2 Å². The Balaban J connectivity index is 1.98. The van der Waals surface area contributed by atoms with E-state index in [1.54, 1.807) is 25.3 Å². The summed E-state index contributed by atoms with van der Waals surface area (Å²) >= 11 is 0. The molecule has 2 N–H and O–H groups in total. The molecule has 8 heteroatoms. The molecule has 1 aliphatic rings. The minimum atomic E-state index is -3.69. The minimum absolute atomic E-state index is 0.142. The Labute approximate surface area is 164 Å². The van der Waals surface area contributed by atoms with Crippen molar-refractivity contribution in [3.05, 3.63) is 52.9 Å². The second-order valence-electron chi connectivity index (χ2n) is 6.32. The highest BCUT2D eigenvalue weighted by Crippen LogP contribution is 2.35.